The van der Waals surface area contributed by atoms with E-state index in [0.29, 0.717) is 12.8 Å². The van der Waals surface area contributed by atoms with E-state index < -0.39 is 17.4 Å². The molecule has 1 rings (SSSR count). The molecule has 0 fully saturated rings. The lowest BCUT2D eigenvalue weighted by molar-refractivity contribution is -0.144. The fourth-order valence-corrected chi connectivity index (χ4v) is 1.99. The molecule has 0 radical (unpaired) electrons. The van der Waals surface area contributed by atoms with E-state index in [1.807, 2.05) is 6.08 Å². The molecule has 1 amide bonds. The molecule has 0 aromatic rings. The molecule has 106 valence electrons. The zero-order chi connectivity index (χ0) is 14.5. The van der Waals surface area contributed by atoms with E-state index in [4.69, 9.17) is 5.11 Å². The fraction of sp³-hybridized carbons (Fsp3) is 0.600. The number of aliphatic carboxylic acids is 1. The van der Waals surface area contributed by atoms with Crippen molar-refractivity contribution in [3.8, 4) is 0 Å². The van der Waals surface area contributed by atoms with Crippen molar-refractivity contribution in [3.63, 3.8) is 0 Å². The molecule has 4 nitrogen and oxygen atoms in total. The van der Waals surface area contributed by atoms with Gasteiger partial charge < -0.3 is 10.4 Å². The molecule has 19 heavy (non-hydrogen) atoms. The normalized spacial score (nSPS) is 16.7. The van der Waals surface area contributed by atoms with Crippen LogP contribution in [0.25, 0.3) is 0 Å². The molecule has 0 heterocycles. The van der Waals surface area contributed by atoms with Gasteiger partial charge in [0.1, 0.15) is 6.04 Å². The highest BCUT2D eigenvalue weighted by molar-refractivity contribution is 5.84. The summed E-state index contributed by atoms with van der Waals surface area (Å²) >= 11 is 0. The van der Waals surface area contributed by atoms with Crippen LogP contribution in [-0.2, 0) is 9.59 Å². The minimum absolute atomic E-state index is 0.206. The third-order valence-electron chi connectivity index (χ3n) is 3.13. The van der Waals surface area contributed by atoms with Crippen LogP contribution < -0.4 is 5.32 Å². The molecule has 1 atom stereocenters. The zero-order valence-corrected chi connectivity index (χ0v) is 11.9. The molecule has 2 N–H and O–H groups in total. The molecule has 0 aliphatic heterocycles. The van der Waals surface area contributed by atoms with Crippen LogP contribution in [0.15, 0.2) is 23.8 Å². The summed E-state index contributed by atoms with van der Waals surface area (Å²) in [5.74, 6) is -1.19. The average molecular weight is 265 g/mol. The third-order valence-corrected chi connectivity index (χ3v) is 3.13. The van der Waals surface area contributed by atoms with Crippen molar-refractivity contribution < 1.29 is 14.7 Å². The van der Waals surface area contributed by atoms with E-state index in [1.165, 1.54) is 0 Å². The third kappa shape index (κ3) is 5.28. The largest absolute Gasteiger partial charge is 0.480 e. The van der Waals surface area contributed by atoms with Gasteiger partial charge in [-0.15, -0.1) is 0 Å². The molecule has 0 spiro atoms. The van der Waals surface area contributed by atoms with E-state index in [0.717, 1.165) is 18.4 Å². The van der Waals surface area contributed by atoms with E-state index >= 15 is 0 Å². The summed E-state index contributed by atoms with van der Waals surface area (Å²) in [6, 6.07) is -0.851. The first-order chi connectivity index (χ1) is 8.80. The molecule has 1 aliphatic carbocycles. The lowest BCUT2D eigenvalue weighted by Gasteiger charge is -2.27. The molecular formula is C15H23NO3. The minimum Gasteiger partial charge on any atom is -0.480 e. The first kappa shape index (κ1) is 15.5. The Morgan fingerprint density at radius 3 is 2.53 bits per heavy atom. The predicted octanol–water partition coefficient (Wildman–Crippen LogP) is 2.66. The van der Waals surface area contributed by atoms with Gasteiger partial charge in [-0.05, 0) is 24.7 Å². The standard InChI is InChI=1S/C15H23NO3/c1-15(2,3)13(14(18)19)16-12(17)10-9-11-7-5-4-6-8-11/h5,7-8,13H,4,6,9-10H2,1-3H3,(H,16,17)(H,18,19). The molecular weight excluding hydrogens is 242 g/mol. The van der Waals surface area contributed by atoms with Crippen LogP contribution in [0.1, 0.15) is 46.5 Å². The second-order valence-corrected chi connectivity index (χ2v) is 5.96. The van der Waals surface area contributed by atoms with Gasteiger partial charge in [0.15, 0.2) is 0 Å². The van der Waals surface area contributed by atoms with Gasteiger partial charge in [-0.1, -0.05) is 44.6 Å². The molecule has 0 aromatic heterocycles. The van der Waals surface area contributed by atoms with Crippen LogP contribution >= 0.6 is 0 Å². The summed E-state index contributed by atoms with van der Waals surface area (Å²) in [6.45, 7) is 5.41. The topological polar surface area (TPSA) is 66.4 Å². The lowest BCUT2D eigenvalue weighted by atomic mass is 9.86. The number of rotatable bonds is 5. The Labute approximate surface area is 114 Å². The Kier molecular flexibility index (Phi) is 5.33. The van der Waals surface area contributed by atoms with Crippen molar-refractivity contribution in [2.75, 3.05) is 0 Å². The minimum atomic E-state index is -0.988. The Morgan fingerprint density at radius 1 is 1.37 bits per heavy atom. The summed E-state index contributed by atoms with van der Waals surface area (Å²) in [6.07, 6.45) is 9.34. The zero-order valence-electron chi connectivity index (χ0n) is 11.9. The maximum absolute atomic E-state index is 11.8. The smallest absolute Gasteiger partial charge is 0.326 e. The van der Waals surface area contributed by atoms with Gasteiger partial charge in [0, 0.05) is 6.42 Å². The number of carboxylic acids is 1. The van der Waals surface area contributed by atoms with Crippen molar-refractivity contribution >= 4 is 11.9 Å². The van der Waals surface area contributed by atoms with Gasteiger partial charge in [-0.2, -0.15) is 0 Å². The Balaban J connectivity index is 2.47. The number of carbonyl (C=O) groups excluding carboxylic acids is 1. The molecule has 1 unspecified atom stereocenters. The second kappa shape index (κ2) is 6.55. The SMILES string of the molecule is CC(C)(C)C(NC(=O)CCC1=CCCC=C1)C(=O)O. The van der Waals surface area contributed by atoms with Crippen LogP contribution in [0.2, 0.25) is 0 Å². The number of allylic oxidation sites excluding steroid dienone is 4. The van der Waals surface area contributed by atoms with Gasteiger partial charge in [-0.3, -0.25) is 4.79 Å². The van der Waals surface area contributed by atoms with Gasteiger partial charge >= 0.3 is 5.97 Å². The summed E-state index contributed by atoms with van der Waals surface area (Å²) in [4.78, 5) is 23.0. The van der Waals surface area contributed by atoms with Crippen LogP contribution in [0.5, 0.6) is 0 Å². The van der Waals surface area contributed by atoms with Crippen molar-refractivity contribution in [2.24, 2.45) is 5.41 Å². The highest BCUT2D eigenvalue weighted by Gasteiger charge is 2.32. The summed E-state index contributed by atoms with van der Waals surface area (Å²) < 4.78 is 0. The van der Waals surface area contributed by atoms with Gasteiger partial charge in [0.25, 0.3) is 0 Å². The van der Waals surface area contributed by atoms with E-state index in [1.54, 1.807) is 20.8 Å². The number of nitrogens with one attached hydrogen (secondary N) is 1. The average Bonchev–Trinajstić information content (AvgIpc) is 2.33. The lowest BCUT2D eigenvalue weighted by Crippen LogP contribution is -2.49. The van der Waals surface area contributed by atoms with Crippen molar-refractivity contribution in [1.82, 2.24) is 5.32 Å². The Morgan fingerprint density at radius 2 is 2.05 bits per heavy atom. The Hall–Kier alpha value is -1.58. The van der Waals surface area contributed by atoms with Crippen molar-refractivity contribution in [3.05, 3.63) is 23.8 Å². The second-order valence-electron chi connectivity index (χ2n) is 5.96. The maximum atomic E-state index is 11.8. The maximum Gasteiger partial charge on any atom is 0.326 e. The Bertz CT molecular complexity index is 402. The van der Waals surface area contributed by atoms with Crippen molar-refractivity contribution in [1.29, 1.82) is 0 Å². The van der Waals surface area contributed by atoms with Gasteiger partial charge in [-0.25, -0.2) is 4.79 Å². The first-order valence-electron chi connectivity index (χ1n) is 6.68. The van der Waals surface area contributed by atoms with E-state index in [9.17, 15) is 9.59 Å². The molecule has 4 heteroatoms. The van der Waals surface area contributed by atoms with E-state index in [-0.39, 0.29) is 5.91 Å². The quantitative estimate of drug-likeness (QED) is 0.803. The summed E-state index contributed by atoms with van der Waals surface area (Å²) in [5, 5.41) is 11.7. The summed E-state index contributed by atoms with van der Waals surface area (Å²) in [7, 11) is 0. The number of carboxylic acid groups (broad SMARTS) is 1. The van der Waals surface area contributed by atoms with Crippen LogP contribution in [0.4, 0.5) is 0 Å². The number of amides is 1. The molecule has 1 aliphatic rings. The molecule has 0 aromatic carbocycles. The number of hydrogen-bond donors (Lipinski definition) is 2. The predicted molar refractivity (Wildman–Crippen MR) is 74.7 cm³/mol. The van der Waals surface area contributed by atoms with Gasteiger partial charge in [0.2, 0.25) is 5.91 Å². The summed E-state index contributed by atoms with van der Waals surface area (Å²) in [5.41, 5.74) is 0.662. The van der Waals surface area contributed by atoms with Crippen molar-refractivity contribution in [2.45, 2.75) is 52.5 Å². The highest BCUT2D eigenvalue weighted by Crippen LogP contribution is 2.20. The number of carbonyl (C=O) groups is 2. The molecule has 0 saturated heterocycles. The van der Waals surface area contributed by atoms with Crippen LogP contribution in [-0.4, -0.2) is 23.0 Å². The first-order valence-corrected chi connectivity index (χ1v) is 6.68. The highest BCUT2D eigenvalue weighted by atomic mass is 16.4. The van der Waals surface area contributed by atoms with Gasteiger partial charge in [0.05, 0.1) is 0 Å². The van der Waals surface area contributed by atoms with Crippen LogP contribution in [0.3, 0.4) is 0 Å². The van der Waals surface area contributed by atoms with Crippen LogP contribution in [0, 0.1) is 5.41 Å². The fourth-order valence-electron chi connectivity index (χ4n) is 1.99. The van der Waals surface area contributed by atoms with E-state index in [2.05, 4.69) is 17.5 Å². The monoisotopic (exact) mass is 265 g/mol. The number of hydrogen-bond acceptors (Lipinski definition) is 2. The molecule has 0 saturated carbocycles. The molecule has 0 bridgehead atoms.